The van der Waals surface area contributed by atoms with Gasteiger partial charge in [-0.25, -0.2) is 0 Å². The molecule has 0 bridgehead atoms. The summed E-state index contributed by atoms with van der Waals surface area (Å²) in [6.45, 7) is 9.02. The van der Waals surface area contributed by atoms with E-state index in [9.17, 15) is 0 Å². The molecule has 3 saturated heterocycles. The Kier molecular flexibility index (Phi) is 5.47. The molecule has 4 nitrogen and oxygen atoms in total. The van der Waals surface area contributed by atoms with Gasteiger partial charge in [-0.15, -0.1) is 0 Å². The first kappa shape index (κ1) is 17.3. The molecule has 4 aliphatic rings. The number of hydrogen-bond donors (Lipinski definition) is 1. The molecule has 0 aromatic rings. The first-order chi connectivity index (χ1) is 11.7. The number of nitrogens with one attached hydrogen (secondary N) is 1. The van der Waals surface area contributed by atoms with Crippen LogP contribution < -0.4 is 5.32 Å². The summed E-state index contributed by atoms with van der Waals surface area (Å²) in [6, 6.07) is 0. The second-order valence-electron chi connectivity index (χ2n) is 9.19. The molecule has 0 aromatic carbocycles. The Morgan fingerprint density at radius 2 is 1.50 bits per heavy atom. The molecule has 0 unspecified atom stereocenters. The van der Waals surface area contributed by atoms with E-state index >= 15 is 0 Å². The van der Waals surface area contributed by atoms with Crippen molar-refractivity contribution in [1.29, 1.82) is 0 Å². The Morgan fingerprint density at radius 3 is 2.08 bits per heavy atom. The van der Waals surface area contributed by atoms with E-state index in [1.807, 2.05) is 0 Å². The molecule has 4 heteroatoms. The van der Waals surface area contributed by atoms with Crippen molar-refractivity contribution in [2.75, 3.05) is 52.9 Å². The van der Waals surface area contributed by atoms with Crippen molar-refractivity contribution < 1.29 is 4.74 Å². The van der Waals surface area contributed by atoms with Crippen molar-refractivity contribution in [3.05, 3.63) is 0 Å². The van der Waals surface area contributed by atoms with Gasteiger partial charge in [0.1, 0.15) is 0 Å². The van der Waals surface area contributed by atoms with Gasteiger partial charge in [0.05, 0.1) is 12.2 Å². The lowest BCUT2D eigenvalue weighted by atomic mass is 9.73. The Bertz CT molecular complexity index is 386. The van der Waals surface area contributed by atoms with E-state index in [4.69, 9.17) is 4.74 Å². The van der Waals surface area contributed by atoms with Crippen LogP contribution in [0.5, 0.6) is 0 Å². The molecule has 138 valence electrons. The SMILES string of the molecule is CN1CCC(O[C@H]2CC[C@H](CN3CCC4(CC3)CNC4)CC2)CC1. The van der Waals surface area contributed by atoms with Crippen molar-refractivity contribution in [2.45, 2.75) is 63.6 Å². The van der Waals surface area contributed by atoms with Gasteiger partial charge >= 0.3 is 0 Å². The molecular formula is C20H37N3O. The zero-order valence-electron chi connectivity index (χ0n) is 15.6. The maximum Gasteiger partial charge on any atom is 0.0603 e. The fraction of sp³-hybridized carbons (Fsp3) is 1.00. The van der Waals surface area contributed by atoms with E-state index < -0.39 is 0 Å². The molecule has 4 fully saturated rings. The van der Waals surface area contributed by atoms with Gasteiger partial charge in [0, 0.05) is 32.7 Å². The van der Waals surface area contributed by atoms with Crippen LogP contribution >= 0.6 is 0 Å². The zero-order valence-corrected chi connectivity index (χ0v) is 15.6. The van der Waals surface area contributed by atoms with E-state index in [0.29, 0.717) is 17.6 Å². The lowest BCUT2D eigenvalue weighted by Crippen LogP contribution is -2.58. The topological polar surface area (TPSA) is 27.7 Å². The van der Waals surface area contributed by atoms with E-state index in [-0.39, 0.29) is 0 Å². The number of piperidine rings is 2. The van der Waals surface area contributed by atoms with Crippen LogP contribution in [-0.2, 0) is 4.74 Å². The van der Waals surface area contributed by atoms with E-state index in [0.717, 1.165) is 5.92 Å². The monoisotopic (exact) mass is 335 g/mol. The van der Waals surface area contributed by atoms with Gasteiger partial charge in [0.2, 0.25) is 0 Å². The Balaban J connectivity index is 1.13. The van der Waals surface area contributed by atoms with Gasteiger partial charge in [0.15, 0.2) is 0 Å². The molecule has 0 atom stereocenters. The molecule has 1 N–H and O–H groups in total. The minimum atomic E-state index is 0.539. The maximum atomic E-state index is 6.42. The summed E-state index contributed by atoms with van der Waals surface area (Å²) >= 11 is 0. The Hall–Kier alpha value is -0.160. The molecule has 1 spiro atoms. The molecule has 1 aliphatic carbocycles. The van der Waals surface area contributed by atoms with Crippen molar-refractivity contribution in [2.24, 2.45) is 11.3 Å². The highest BCUT2D eigenvalue weighted by atomic mass is 16.5. The second kappa shape index (κ2) is 7.61. The van der Waals surface area contributed by atoms with Crippen LogP contribution in [0.1, 0.15) is 51.4 Å². The summed E-state index contributed by atoms with van der Waals surface area (Å²) in [5, 5.41) is 3.47. The third kappa shape index (κ3) is 4.14. The third-order valence-electron chi connectivity index (χ3n) is 7.28. The summed E-state index contributed by atoms with van der Waals surface area (Å²) in [7, 11) is 2.23. The largest absolute Gasteiger partial charge is 0.375 e. The van der Waals surface area contributed by atoms with Crippen LogP contribution in [0.15, 0.2) is 0 Å². The summed E-state index contributed by atoms with van der Waals surface area (Å²) in [6.07, 6.45) is 11.8. The molecule has 1 saturated carbocycles. The summed E-state index contributed by atoms with van der Waals surface area (Å²) < 4.78 is 6.42. The molecule has 0 aromatic heterocycles. The summed E-state index contributed by atoms with van der Waals surface area (Å²) in [4.78, 5) is 5.19. The quantitative estimate of drug-likeness (QED) is 0.853. The molecule has 0 amide bonds. The zero-order chi connectivity index (χ0) is 16.4. The summed E-state index contributed by atoms with van der Waals surface area (Å²) in [5.74, 6) is 0.927. The van der Waals surface area contributed by atoms with E-state index in [1.165, 1.54) is 97.2 Å². The number of likely N-dealkylation sites (tertiary alicyclic amines) is 2. The smallest absolute Gasteiger partial charge is 0.0603 e. The first-order valence-corrected chi connectivity index (χ1v) is 10.5. The molecule has 24 heavy (non-hydrogen) atoms. The molecule has 0 radical (unpaired) electrons. The minimum absolute atomic E-state index is 0.539. The highest BCUT2D eigenvalue weighted by Gasteiger charge is 2.40. The molecule has 4 rings (SSSR count). The normalized spacial score (nSPS) is 35.9. The average molecular weight is 336 g/mol. The van der Waals surface area contributed by atoms with Crippen LogP contribution in [0.2, 0.25) is 0 Å². The van der Waals surface area contributed by atoms with Crippen LogP contribution in [0.3, 0.4) is 0 Å². The highest BCUT2D eigenvalue weighted by molar-refractivity contribution is 4.96. The minimum Gasteiger partial charge on any atom is -0.375 e. The van der Waals surface area contributed by atoms with E-state index in [1.54, 1.807) is 0 Å². The van der Waals surface area contributed by atoms with Gasteiger partial charge in [-0.2, -0.15) is 0 Å². The van der Waals surface area contributed by atoms with Crippen molar-refractivity contribution in [3.8, 4) is 0 Å². The number of rotatable bonds is 4. The van der Waals surface area contributed by atoms with Gasteiger partial charge in [0.25, 0.3) is 0 Å². The van der Waals surface area contributed by atoms with Gasteiger partial charge < -0.3 is 19.9 Å². The standard InChI is InChI=1S/C20H37N3O/c1-22-10-6-19(7-11-22)24-18-4-2-17(3-5-18)14-23-12-8-20(9-13-23)15-21-16-20/h17-19,21H,2-16H2,1H3/t17-,18-. The fourth-order valence-corrected chi connectivity index (χ4v) is 5.25. The predicted molar refractivity (Wildman–Crippen MR) is 98.3 cm³/mol. The fourth-order valence-electron chi connectivity index (χ4n) is 5.25. The van der Waals surface area contributed by atoms with Gasteiger partial charge in [-0.05, 0) is 82.8 Å². The van der Waals surface area contributed by atoms with Crippen LogP contribution in [0.25, 0.3) is 0 Å². The van der Waals surface area contributed by atoms with Crippen LogP contribution in [0.4, 0.5) is 0 Å². The highest BCUT2D eigenvalue weighted by Crippen LogP contribution is 2.36. The van der Waals surface area contributed by atoms with Crippen LogP contribution in [0, 0.1) is 11.3 Å². The Morgan fingerprint density at radius 1 is 0.875 bits per heavy atom. The first-order valence-electron chi connectivity index (χ1n) is 10.5. The number of hydrogen-bond acceptors (Lipinski definition) is 4. The average Bonchev–Trinajstić information content (AvgIpc) is 2.58. The molecule has 3 heterocycles. The summed E-state index contributed by atoms with van der Waals surface area (Å²) in [5.41, 5.74) is 0.691. The third-order valence-corrected chi connectivity index (χ3v) is 7.28. The molecular weight excluding hydrogens is 298 g/mol. The second-order valence-corrected chi connectivity index (χ2v) is 9.19. The van der Waals surface area contributed by atoms with Crippen LogP contribution in [-0.4, -0.2) is 74.9 Å². The van der Waals surface area contributed by atoms with Gasteiger partial charge in [-0.3, -0.25) is 0 Å². The predicted octanol–water partition coefficient (Wildman–Crippen LogP) is 2.34. The Labute approximate surface area is 148 Å². The van der Waals surface area contributed by atoms with E-state index in [2.05, 4.69) is 22.2 Å². The number of ether oxygens (including phenoxy) is 1. The lowest BCUT2D eigenvalue weighted by Gasteiger charge is -2.49. The number of nitrogens with zero attached hydrogens (tertiary/aromatic N) is 2. The van der Waals surface area contributed by atoms with Crippen molar-refractivity contribution >= 4 is 0 Å². The molecule has 3 aliphatic heterocycles. The maximum absolute atomic E-state index is 6.42. The van der Waals surface area contributed by atoms with Crippen molar-refractivity contribution in [3.63, 3.8) is 0 Å². The lowest BCUT2D eigenvalue weighted by molar-refractivity contribution is -0.0608. The van der Waals surface area contributed by atoms with Crippen molar-refractivity contribution in [1.82, 2.24) is 15.1 Å². The van der Waals surface area contributed by atoms with Gasteiger partial charge in [-0.1, -0.05) is 0 Å².